The van der Waals surface area contributed by atoms with Gasteiger partial charge in [0.2, 0.25) is 5.91 Å². The van der Waals surface area contributed by atoms with Crippen molar-refractivity contribution in [1.29, 1.82) is 0 Å². The Kier molecular flexibility index (Phi) is 9.52. The van der Waals surface area contributed by atoms with Gasteiger partial charge >= 0.3 is 0 Å². The van der Waals surface area contributed by atoms with Crippen molar-refractivity contribution in [3.05, 3.63) is 16.1 Å². The molecule has 1 rings (SSSR count). The predicted octanol–water partition coefficient (Wildman–Crippen LogP) is 3.60. The first-order chi connectivity index (χ1) is 11.1. The van der Waals surface area contributed by atoms with Crippen LogP contribution >= 0.6 is 11.3 Å². The predicted molar refractivity (Wildman–Crippen MR) is 94.6 cm³/mol. The molecule has 6 heteroatoms. The second-order valence-electron chi connectivity index (χ2n) is 5.65. The Hall–Kier alpha value is -1.43. The number of rotatable bonds is 11. The number of nitrogens with one attached hydrogen (secondary N) is 1. The number of amides is 2. The molecular formula is C17H29N3O2S. The summed E-state index contributed by atoms with van der Waals surface area (Å²) in [5, 5.41) is 5.42. The van der Waals surface area contributed by atoms with Crippen molar-refractivity contribution < 1.29 is 9.59 Å². The van der Waals surface area contributed by atoms with Crippen LogP contribution < -0.4 is 5.32 Å². The maximum atomic E-state index is 12.3. The van der Waals surface area contributed by atoms with Crippen molar-refractivity contribution in [2.45, 2.75) is 65.8 Å². The van der Waals surface area contributed by atoms with Gasteiger partial charge in [-0.15, -0.1) is 11.3 Å². The maximum absolute atomic E-state index is 12.3. The van der Waals surface area contributed by atoms with E-state index < -0.39 is 0 Å². The molecule has 0 spiro atoms. The molecule has 23 heavy (non-hydrogen) atoms. The van der Waals surface area contributed by atoms with E-state index in [0.29, 0.717) is 25.2 Å². The summed E-state index contributed by atoms with van der Waals surface area (Å²) < 4.78 is 0. The average molecular weight is 340 g/mol. The first-order valence-corrected chi connectivity index (χ1v) is 9.50. The number of nitrogens with zero attached hydrogens (tertiary/aromatic N) is 2. The molecule has 0 unspecified atom stereocenters. The lowest BCUT2D eigenvalue weighted by Gasteiger charge is -2.21. The molecule has 0 aliphatic heterocycles. The molecule has 0 aliphatic carbocycles. The molecule has 0 radical (unpaired) electrons. The summed E-state index contributed by atoms with van der Waals surface area (Å²) in [5.74, 6) is 0.0538. The van der Waals surface area contributed by atoms with E-state index in [-0.39, 0.29) is 11.8 Å². The Morgan fingerprint density at radius 2 is 1.96 bits per heavy atom. The number of aromatic nitrogens is 1. The summed E-state index contributed by atoms with van der Waals surface area (Å²) in [4.78, 5) is 30.4. The highest BCUT2D eigenvalue weighted by Crippen LogP contribution is 2.14. The van der Waals surface area contributed by atoms with E-state index in [0.717, 1.165) is 43.7 Å². The standard InChI is InChI=1S/C17H29N3O2S/c1-4-7-8-9-16(21)20(11-6-3)12-15-19-14(13-23-15)17(22)18-10-5-2/h13H,4-12H2,1-3H3,(H,18,22). The number of unbranched alkanes of at least 4 members (excludes halogenated alkanes) is 2. The molecule has 0 saturated heterocycles. The van der Waals surface area contributed by atoms with Gasteiger partial charge < -0.3 is 10.2 Å². The summed E-state index contributed by atoms with van der Waals surface area (Å²) >= 11 is 1.45. The zero-order valence-electron chi connectivity index (χ0n) is 14.6. The fourth-order valence-corrected chi connectivity index (χ4v) is 3.02. The van der Waals surface area contributed by atoms with Gasteiger partial charge in [-0.2, -0.15) is 0 Å². The summed E-state index contributed by atoms with van der Waals surface area (Å²) in [7, 11) is 0. The van der Waals surface area contributed by atoms with E-state index in [2.05, 4.69) is 24.1 Å². The second-order valence-corrected chi connectivity index (χ2v) is 6.60. The Balaban J connectivity index is 2.60. The smallest absolute Gasteiger partial charge is 0.270 e. The van der Waals surface area contributed by atoms with Crippen LogP contribution in [-0.2, 0) is 11.3 Å². The molecule has 1 N–H and O–H groups in total. The molecular weight excluding hydrogens is 310 g/mol. The van der Waals surface area contributed by atoms with E-state index in [4.69, 9.17) is 0 Å². The molecule has 0 bridgehead atoms. The molecule has 0 atom stereocenters. The van der Waals surface area contributed by atoms with E-state index in [1.807, 2.05) is 11.8 Å². The van der Waals surface area contributed by atoms with Crippen molar-refractivity contribution in [1.82, 2.24) is 15.2 Å². The Morgan fingerprint density at radius 3 is 2.61 bits per heavy atom. The third kappa shape index (κ3) is 7.12. The fourth-order valence-electron chi connectivity index (χ4n) is 2.23. The van der Waals surface area contributed by atoms with Gasteiger partial charge in [0.05, 0.1) is 6.54 Å². The van der Waals surface area contributed by atoms with Crippen molar-refractivity contribution in [3.63, 3.8) is 0 Å². The SMILES string of the molecule is CCCCCC(=O)N(CCC)Cc1nc(C(=O)NCCC)cs1. The van der Waals surface area contributed by atoms with Crippen LogP contribution in [0, 0.1) is 0 Å². The summed E-state index contributed by atoms with van der Waals surface area (Å²) in [6.07, 6.45) is 5.57. The van der Waals surface area contributed by atoms with Crippen LogP contribution in [0.3, 0.4) is 0 Å². The van der Waals surface area contributed by atoms with E-state index >= 15 is 0 Å². The van der Waals surface area contributed by atoms with Crippen LogP contribution in [0.15, 0.2) is 5.38 Å². The van der Waals surface area contributed by atoms with Crippen molar-refractivity contribution in [2.24, 2.45) is 0 Å². The molecule has 0 aliphatic rings. The van der Waals surface area contributed by atoms with Gasteiger partial charge in [-0.05, 0) is 19.3 Å². The lowest BCUT2D eigenvalue weighted by Crippen LogP contribution is -2.31. The molecule has 0 fully saturated rings. The maximum Gasteiger partial charge on any atom is 0.270 e. The van der Waals surface area contributed by atoms with Crippen molar-refractivity contribution in [2.75, 3.05) is 13.1 Å². The van der Waals surface area contributed by atoms with Crippen LogP contribution in [0.1, 0.15) is 74.8 Å². The minimum atomic E-state index is -0.134. The zero-order chi connectivity index (χ0) is 17.1. The Morgan fingerprint density at radius 1 is 1.17 bits per heavy atom. The van der Waals surface area contributed by atoms with Gasteiger partial charge in [0.15, 0.2) is 0 Å². The van der Waals surface area contributed by atoms with E-state index in [9.17, 15) is 9.59 Å². The summed E-state index contributed by atoms with van der Waals surface area (Å²) in [6, 6.07) is 0. The quantitative estimate of drug-likeness (QED) is 0.627. The zero-order valence-corrected chi connectivity index (χ0v) is 15.4. The molecule has 1 aromatic heterocycles. The number of carbonyl (C=O) groups is 2. The molecule has 5 nitrogen and oxygen atoms in total. The minimum absolute atomic E-state index is 0.134. The first kappa shape index (κ1) is 19.6. The topological polar surface area (TPSA) is 62.3 Å². The third-order valence-corrected chi connectivity index (χ3v) is 4.32. The number of hydrogen-bond donors (Lipinski definition) is 1. The van der Waals surface area contributed by atoms with Gasteiger partial charge in [0.25, 0.3) is 5.91 Å². The molecule has 1 heterocycles. The fraction of sp³-hybridized carbons (Fsp3) is 0.706. The molecule has 2 amide bonds. The minimum Gasteiger partial charge on any atom is -0.351 e. The number of thiazole rings is 1. The van der Waals surface area contributed by atoms with Gasteiger partial charge in [-0.25, -0.2) is 4.98 Å². The van der Waals surface area contributed by atoms with Gasteiger partial charge in [0.1, 0.15) is 10.7 Å². The second kappa shape index (κ2) is 11.2. The Bertz CT molecular complexity index is 488. The van der Waals surface area contributed by atoms with Gasteiger partial charge in [0, 0.05) is 24.9 Å². The lowest BCUT2D eigenvalue weighted by molar-refractivity contribution is -0.132. The van der Waals surface area contributed by atoms with Crippen LogP contribution in [-0.4, -0.2) is 34.8 Å². The average Bonchev–Trinajstić information content (AvgIpc) is 3.01. The van der Waals surface area contributed by atoms with Gasteiger partial charge in [-0.1, -0.05) is 33.6 Å². The molecule has 130 valence electrons. The van der Waals surface area contributed by atoms with E-state index in [1.165, 1.54) is 11.3 Å². The lowest BCUT2D eigenvalue weighted by atomic mass is 10.2. The first-order valence-electron chi connectivity index (χ1n) is 8.62. The summed E-state index contributed by atoms with van der Waals surface area (Å²) in [5.41, 5.74) is 0.452. The van der Waals surface area contributed by atoms with Crippen molar-refractivity contribution >= 4 is 23.2 Å². The van der Waals surface area contributed by atoms with Crippen LogP contribution in [0.4, 0.5) is 0 Å². The monoisotopic (exact) mass is 339 g/mol. The van der Waals surface area contributed by atoms with Crippen LogP contribution in [0.25, 0.3) is 0 Å². The largest absolute Gasteiger partial charge is 0.351 e. The van der Waals surface area contributed by atoms with Crippen LogP contribution in [0.5, 0.6) is 0 Å². The highest BCUT2D eigenvalue weighted by atomic mass is 32.1. The normalized spacial score (nSPS) is 10.6. The molecule has 0 aromatic carbocycles. The summed E-state index contributed by atoms with van der Waals surface area (Å²) in [6.45, 7) is 8.11. The number of hydrogen-bond acceptors (Lipinski definition) is 4. The molecule has 0 saturated carbocycles. The van der Waals surface area contributed by atoms with E-state index in [1.54, 1.807) is 5.38 Å². The third-order valence-electron chi connectivity index (χ3n) is 3.49. The van der Waals surface area contributed by atoms with Crippen LogP contribution in [0.2, 0.25) is 0 Å². The van der Waals surface area contributed by atoms with Crippen molar-refractivity contribution in [3.8, 4) is 0 Å². The molecule has 1 aromatic rings. The van der Waals surface area contributed by atoms with Gasteiger partial charge in [-0.3, -0.25) is 9.59 Å². The highest BCUT2D eigenvalue weighted by Gasteiger charge is 2.16. The number of carbonyl (C=O) groups excluding carboxylic acids is 2. The highest BCUT2D eigenvalue weighted by molar-refractivity contribution is 7.09. The Labute approximate surface area is 143 Å².